The van der Waals surface area contributed by atoms with Crippen molar-refractivity contribution in [2.24, 2.45) is 4.99 Å². The van der Waals surface area contributed by atoms with Crippen LogP contribution in [0.15, 0.2) is 41.4 Å². The first-order chi connectivity index (χ1) is 12.7. The minimum atomic E-state index is -0.653. The Morgan fingerprint density at radius 3 is 2.12 bits per heavy atom. The van der Waals surface area contributed by atoms with Gasteiger partial charge in [0.2, 0.25) is 0 Å². The van der Waals surface area contributed by atoms with Gasteiger partial charge in [-0.1, -0.05) is 36.8 Å². The summed E-state index contributed by atoms with van der Waals surface area (Å²) in [5.74, 6) is 7.31. The molecule has 1 aliphatic carbocycles. The van der Waals surface area contributed by atoms with E-state index in [0.717, 1.165) is 17.7 Å². The monoisotopic (exact) mass is 363 g/mol. The highest BCUT2D eigenvalue weighted by molar-refractivity contribution is 7.78. The molecule has 0 aliphatic heterocycles. The fraction of sp³-hybridized carbons (Fsp3) is 0.227. The number of hydrogen-bond acceptors (Lipinski definition) is 2. The third-order valence-corrected chi connectivity index (χ3v) is 4.52. The van der Waals surface area contributed by atoms with Crippen molar-refractivity contribution in [3.8, 4) is 23.8 Å². The molecule has 1 aliphatic rings. The van der Waals surface area contributed by atoms with Gasteiger partial charge in [-0.15, -0.1) is 4.99 Å². The normalized spacial score (nSPS) is 13.2. The highest BCUT2D eigenvalue weighted by atomic mass is 32.1. The second-order valence-electron chi connectivity index (χ2n) is 6.11. The van der Waals surface area contributed by atoms with Gasteiger partial charge in [-0.25, -0.2) is 8.78 Å². The highest BCUT2D eigenvalue weighted by Gasteiger charge is 2.16. The summed E-state index contributed by atoms with van der Waals surface area (Å²) in [7, 11) is 0. The number of isothiocyanates is 1. The van der Waals surface area contributed by atoms with Gasteiger partial charge in [-0.3, -0.25) is 0 Å². The van der Waals surface area contributed by atoms with E-state index in [-0.39, 0.29) is 11.1 Å². The van der Waals surface area contributed by atoms with Crippen molar-refractivity contribution >= 4 is 17.4 Å². The molecule has 0 spiro atoms. The Bertz CT molecular complexity index is 975. The van der Waals surface area contributed by atoms with Gasteiger partial charge >= 0.3 is 0 Å². The van der Waals surface area contributed by atoms with Gasteiger partial charge < -0.3 is 0 Å². The summed E-state index contributed by atoms with van der Waals surface area (Å²) in [6.07, 6.45) is 5.05. The van der Waals surface area contributed by atoms with Gasteiger partial charge in [0.15, 0.2) is 0 Å². The third kappa shape index (κ3) is 4.44. The van der Waals surface area contributed by atoms with Crippen molar-refractivity contribution < 1.29 is 8.78 Å². The van der Waals surface area contributed by atoms with Crippen molar-refractivity contribution in [1.82, 2.24) is 0 Å². The average Bonchev–Trinajstić information content (AvgIpc) is 3.18. The molecule has 3 rings (SSSR count). The van der Waals surface area contributed by atoms with E-state index in [1.807, 2.05) is 17.3 Å². The number of rotatable bonds is 1. The van der Waals surface area contributed by atoms with Gasteiger partial charge in [-0.05, 0) is 66.7 Å². The van der Waals surface area contributed by atoms with E-state index in [1.54, 1.807) is 0 Å². The Kier molecular flexibility index (Phi) is 5.92. The number of halogens is 2. The van der Waals surface area contributed by atoms with Crippen LogP contribution in [0.3, 0.4) is 0 Å². The third-order valence-electron chi connectivity index (χ3n) is 4.43. The lowest BCUT2D eigenvalue weighted by Gasteiger charge is -2.08. The van der Waals surface area contributed by atoms with Crippen LogP contribution in [-0.2, 0) is 0 Å². The summed E-state index contributed by atoms with van der Waals surface area (Å²) < 4.78 is 28.1. The van der Waals surface area contributed by atoms with Crippen molar-refractivity contribution in [3.05, 3.63) is 70.3 Å². The average molecular weight is 363 g/mol. The number of benzene rings is 2. The lowest BCUT2D eigenvalue weighted by molar-refractivity contribution is 0.594. The standard InChI is InChI=1S/C22H15F2NS/c23-21-14-20(11-12-25-15-26)22(24)13-19(21)10-7-16-5-8-18(9-6-16)17-3-1-2-4-17/h5-6,8-9,13-14,17H,1-4H2. The molecular formula is C22H15F2NS. The van der Waals surface area contributed by atoms with Crippen LogP contribution in [0.5, 0.6) is 0 Å². The van der Waals surface area contributed by atoms with Crippen LogP contribution in [0.25, 0.3) is 0 Å². The van der Waals surface area contributed by atoms with Gasteiger partial charge in [0.25, 0.3) is 0 Å². The lowest BCUT2D eigenvalue weighted by atomic mass is 9.97. The largest absolute Gasteiger partial charge is 0.206 e. The van der Waals surface area contributed by atoms with Gasteiger partial charge in [0.1, 0.15) is 11.6 Å². The molecule has 1 saturated carbocycles. The molecule has 2 aromatic carbocycles. The SMILES string of the molecule is Fc1cc(C#Cc2ccc(C3CCCC3)cc2)c(F)cc1C#CN=C=S. The summed E-state index contributed by atoms with van der Waals surface area (Å²) in [5.41, 5.74) is 1.99. The molecule has 0 radical (unpaired) electrons. The van der Waals surface area contributed by atoms with Crippen LogP contribution in [-0.4, -0.2) is 5.16 Å². The Balaban J connectivity index is 1.80. The molecule has 0 bridgehead atoms. The Labute approximate surface area is 157 Å². The molecule has 2 aromatic rings. The smallest absolute Gasteiger partial charge is 0.140 e. The van der Waals surface area contributed by atoms with Crippen LogP contribution in [0.4, 0.5) is 8.78 Å². The summed E-state index contributed by atoms with van der Waals surface area (Å²) in [5, 5.41) is 2.04. The zero-order valence-corrected chi connectivity index (χ0v) is 14.8. The van der Waals surface area contributed by atoms with E-state index in [9.17, 15) is 8.78 Å². The maximum Gasteiger partial charge on any atom is 0.140 e. The summed E-state index contributed by atoms with van der Waals surface area (Å²) in [6.45, 7) is 0. The molecule has 0 atom stereocenters. The Hall–Kier alpha value is -2.78. The maximum atomic E-state index is 14.1. The van der Waals surface area contributed by atoms with Crippen LogP contribution >= 0.6 is 12.2 Å². The molecule has 128 valence electrons. The van der Waals surface area contributed by atoms with Crippen molar-refractivity contribution in [2.75, 3.05) is 0 Å². The number of nitrogens with zero attached hydrogens (tertiary/aromatic N) is 1. The molecule has 4 heteroatoms. The first-order valence-corrected chi connectivity index (χ1v) is 8.77. The summed E-state index contributed by atoms with van der Waals surface area (Å²) in [4.78, 5) is 3.36. The molecule has 1 fully saturated rings. The minimum Gasteiger partial charge on any atom is -0.206 e. The second kappa shape index (κ2) is 8.54. The Morgan fingerprint density at radius 1 is 0.885 bits per heavy atom. The molecule has 0 heterocycles. The van der Waals surface area contributed by atoms with Crippen molar-refractivity contribution in [2.45, 2.75) is 31.6 Å². The zero-order chi connectivity index (χ0) is 18.4. The topological polar surface area (TPSA) is 12.4 Å². The predicted molar refractivity (Wildman–Crippen MR) is 102 cm³/mol. The molecule has 0 saturated heterocycles. The second-order valence-corrected chi connectivity index (χ2v) is 6.29. The number of aliphatic imine (C=N–C) groups is 1. The fourth-order valence-electron chi connectivity index (χ4n) is 3.09. The fourth-order valence-corrected chi connectivity index (χ4v) is 3.13. The number of thiocarbonyl (C=S) groups is 1. The van der Waals surface area contributed by atoms with Crippen LogP contribution in [0.2, 0.25) is 0 Å². The molecule has 26 heavy (non-hydrogen) atoms. The molecule has 0 amide bonds. The zero-order valence-electron chi connectivity index (χ0n) is 14.0. The summed E-state index contributed by atoms with van der Waals surface area (Å²) >= 11 is 4.36. The lowest BCUT2D eigenvalue weighted by Crippen LogP contribution is -1.92. The minimum absolute atomic E-state index is 0.00810. The highest BCUT2D eigenvalue weighted by Crippen LogP contribution is 2.33. The summed E-state index contributed by atoms with van der Waals surface area (Å²) in [6, 6.07) is 12.3. The van der Waals surface area contributed by atoms with E-state index in [1.165, 1.54) is 31.2 Å². The van der Waals surface area contributed by atoms with E-state index in [0.29, 0.717) is 5.92 Å². The number of hydrogen-bond donors (Lipinski definition) is 0. The maximum absolute atomic E-state index is 14.1. The van der Waals surface area contributed by atoms with Crippen LogP contribution in [0, 0.1) is 35.4 Å². The first kappa shape index (κ1) is 18.0. The molecule has 0 aromatic heterocycles. The Morgan fingerprint density at radius 2 is 1.50 bits per heavy atom. The van der Waals surface area contributed by atoms with Crippen molar-refractivity contribution in [1.29, 1.82) is 0 Å². The van der Waals surface area contributed by atoms with Crippen LogP contribution in [0.1, 0.15) is 53.9 Å². The van der Waals surface area contributed by atoms with Gasteiger partial charge in [-0.2, -0.15) is 0 Å². The van der Waals surface area contributed by atoms with Gasteiger partial charge in [0, 0.05) is 5.56 Å². The van der Waals surface area contributed by atoms with E-state index in [4.69, 9.17) is 0 Å². The van der Waals surface area contributed by atoms with E-state index in [2.05, 4.69) is 53.1 Å². The van der Waals surface area contributed by atoms with E-state index >= 15 is 0 Å². The molecule has 0 N–H and O–H groups in total. The van der Waals surface area contributed by atoms with Crippen molar-refractivity contribution in [3.63, 3.8) is 0 Å². The van der Waals surface area contributed by atoms with E-state index < -0.39 is 11.6 Å². The molecule has 1 nitrogen and oxygen atoms in total. The van der Waals surface area contributed by atoms with Gasteiger partial charge in [0.05, 0.1) is 22.3 Å². The molecule has 0 unspecified atom stereocenters. The van der Waals surface area contributed by atoms with Crippen LogP contribution < -0.4 is 0 Å². The first-order valence-electron chi connectivity index (χ1n) is 8.36. The predicted octanol–water partition coefficient (Wildman–Crippen LogP) is 5.43. The molecular weight excluding hydrogens is 348 g/mol. The quantitative estimate of drug-likeness (QED) is 0.374.